The Labute approximate surface area is 149 Å². The highest BCUT2D eigenvalue weighted by molar-refractivity contribution is 5.75. The van der Waals surface area contributed by atoms with Gasteiger partial charge < -0.3 is 14.6 Å². The summed E-state index contributed by atoms with van der Waals surface area (Å²) >= 11 is 0. The van der Waals surface area contributed by atoms with Crippen molar-refractivity contribution in [3.05, 3.63) is 48.0 Å². The molecule has 0 saturated heterocycles. The minimum atomic E-state index is -4.44. The maximum absolute atomic E-state index is 12.7. The molecule has 26 heavy (non-hydrogen) atoms. The van der Waals surface area contributed by atoms with Gasteiger partial charge in [-0.2, -0.15) is 13.2 Å². The number of rotatable bonds is 7. The van der Waals surface area contributed by atoms with Crippen molar-refractivity contribution in [2.24, 2.45) is 0 Å². The Bertz CT molecular complexity index is 739. The lowest BCUT2D eigenvalue weighted by Gasteiger charge is -2.13. The van der Waals surface area contributed by atoms with Gasteiger partial charge in [0.05, 0.1) is 12.2 Å². The van der Waals surface area contributed by atoms with E-state index in [4.69, 9.17) is 14.6 Å². The molecule has 0 aromatic heterocycles. The van der Waals surface area contributed by atoms with Crippen molar-refractivity contribution in [1.29, 1.82) is 0 Å². The maximum Gasteiger partial charge on any atom is 0.511 e. The Balaban J connectivity index is 2.31. The van der Waals surface area contributed by atoms with E-state index in [2.05, 4.69) is 6.92 Å². The molecule has 0 aliphatic rings. The third-order valence-electron chi connectivity index (χ3n) is 3.69. The van der Waals surface area contributed by atoms with Gasteiger partial charge in [0.2, 0.25) is 0 Å². The van der Waals surface area contributed by atoms with Gasteiger partial charge in [0.25, 0.3) is 0 Å². The predicted octanol–water partition coefficient (Wildman–Crippen LogP) is 6.00. The molecule has 0 spiro atoms. The van der Waals surface area contributed by atoms with Crippen LogP contribution < -0.4 is 9.47 Å². The summed E-state index contributed by atoms with van der Waals surface area (Å²) in [5, 5.41) is 8.86. The van der Waals surface area contributed by atoms with Crippen LogP contribution in [0.5, 0.6) is 11.5 Å². The molecule has 0 fully saturated rings. The van der Waals surface area contributed by atoms with E-state index in [-0.39, 0.29) is 5.75 Å². The second-order valence-electron chi connectivity index (χ2n) is 5.66. The van der Waals surface area contributed by atoms with Crippen molar-refractivity contribution in [3.63, 3.8) is 0 Å². The molecule has 0 aliphatic carbocycles. The van der Waals surface area contributed by atoms with Crippen LogP contribution in [0.25, 0.3) is 11.1 Å². The maximum atomic E-state index is 12.7. The van der Waals surface area contributed by atoms with Crippen LogP contribution >= 0.6 is 0 Å². The van der Waals surface area contributed by atoms with Crippen molar-refractivity contribution in [2.75, 3.05) is 6.61 Å². The number of halogens is 3. The van der Waals surface area contributed by atoms with E-state index in [9.17, 15) is 18.0 Å². The molecule has 0 amide bonds. The Morgan fingerprint density at radius 1 is 1.08 bits per heavy atom. The minimum absolute atomic E-state index is 0.0261. The highest BCUT2D eigenvalue weighted by Gasteiger charge is 2.30. The number of carbonyl (C=O) groups is 1. The largest absolute Gasteiger partial charge is 0.511 e. The molecule has 140 valence electrons. The van der Waals surface area contributed by atoms with Crippen molar-refractivity contribution < 1.29 is 32.5 Å². The van der Waals surface area contributed by atoms with E-state index in [0.717, 1.165) is 31.4 Å². The minimum Gasteiger partial charge on any atom is -0.494 e. The first-order valence-electron chi connectivity index (χ1n) is 8.16. The molecule has 1 N–H and O–H groups in total. The van der Waals surface area contributed by atoms with Crippen LogP contribution in [0.1, 0.15) is 31.7 Å². The van der Waals surface area contributed by atoms with Crippen molar-refractivity contribution in [2.45, 2.75) is 32.4 Å². The quantitative estimate of drug-likeness (QED) is 0.370. The molecule has 7 heteroatoms. The Morgan fingerprint density at radius 2 is 1.77 bits per heavy atom. The molecule has 0 unspecified atom stereocenters. The van der Waals surface area contributed by atoms with Gasteiger partial charge in [-0.15, -0.1) is 0 Å². The fourth-order valence-corrected chi connectivity index (χ4v) is 2.39. The standard InChI is InChI=1S/C19H19F3O4/c1-2-3-4-11-25-15-9-10-17(26-18(23)24)16(12-15)13-5-7-14(8-6-13)19(20,21)22/h5-10,12H,2-4,11H2,1H3,(H,23,24). The highest BCUT2D eigenvalue weighted by Crippen LogP contribution is 2.36. The Morgan fingerprint density at radius 3 is 2.35 bits per heavy atom. The monoisotopic (exact) mass is 368 g/mol. The Kier molecular flexibility index (Phi) is 6.49. The zero-order valence-electron chi connectivity index (χ0n) is 14.2. The first-order valence-corrected chi connectivity index (χ1v) is 8.16. The third-order valence-corrected chi connectivity index (χ3v) is 3.69. The lowest BCUT2D eigenvalue weighted by atomic mass is 10.0. The normalized spacial score (nSPS) is 11.2. The zero-order valence-corrected chi connectivity index (χ0v) is 14.2. The Hall–Kier alpha value is -2.70. The molecular formula is C19H19F3O4. The van der Waals surface area contributed by atoms with Crippen LogP contribution in [0.4, 0.5) is 18.0 Å². The number of alkyl halides is 3. The van der Waals surface area contributed by atoms with Gasteiger partial charge in [0, 0.05) is 5.56 Å². The molecule has 0 heterocycles. The van der Waals surface area contributed by atoms with Crippen LogP contribution in [0, 0.1) is 0 Å². The number of carboxylic acid groups (broad SMARTS) is 1. The SMILES string of the molecule is CCCCCOc1ccc(OC(=O)O)c(-c2ccc(C(F)(F)F)cc2)c1. The van der Waals surface area contributed by atoms with E-state index < -0.39 is 17.9 Å². The molecule has 0 atom stereocenters. The van der Waals surface area contributed by atoms with Crippen molar-refractivity contribution >= 4 is 6.16 Å². The van der Waals surface area contributed by atoms with E-state index >= 15 is 0 Å². The smallest absolute Gasteiger partial charge is 0.494 e. The van der Waals surface area contributed by atoms with E-state index in [0.29, 0.717) is 23.5 Å². The lowest BCUT2D eigenvalue weighted by molar-refractivity contribution is -0.137. The topological polar surface area (TPSA) is 55.8 Å². The number of benzene rings is 2. The second kappa shape index (κ2) is 8.60. The average Bonchev–Trinajstić information content (AvgIpc) is 2.59. The van der Waals surface area contributed by atoms with Crippen molar-refractivity contribution in [3.8, 4) is 22.6 Å². The third kappa shape index (κ3) is 5.40. The number of ether oxygens (including phenoxy) is 2. The van der Waals surface area contributed by atoms with E-state index in [1.54, 1.807) is 12.1 Å². The van der Waals surface area contributed by atoms with Crippen LogP contribution in [-0.4, -0.2) is 17.9 Å². The zero-order chi connectivity index (χ0) is 19.2. The predicted molar refractivity (Wildman–Crippen MR) is 90.6 cm³/mol. The summed E-state index contributed by atoms with van der Waals surface area (Å²) in [5.41, 5.74) is -0.0451. The summed E-state index contributed by atoms with van der Waals surface area (Å²) < 4.78 is 48.5. The van der Waals surface area contributed by atoms with Gasteiger partial charge >= 0.3 is 12.3 Å². The molecule has 2 aromatic carbocycles. The van der Waals surface area contributed by atoms with Gasteiger partial charge in [-0.05, 0) is 42.3 Å². The van der Waals surface area contributed by atoms with Gasteiger partial charge in [0.15, 0.2) is 0 Å². The van der Waals surface area contributed by atoms with Crippen LogP contribution in [0.3, 0.4) is 0 Å². The van der Waals surface area contributed by atoms with Crippen LogP contribution in [-0.2, 0) is 6.18 Å². The number of hydrogen-bond donors (Lipinski definition) is 1. The highest BCUT2D eigenvalue weighted by atomic mass is 19.4. The summed E-state index contributed by atoms with van der Waals surface area (Å²) in [6.07, 6.45) is -3.00. The number of unbranched alkanes of at least 4 members (excludes halogenated alkanes) is 2. The van der Waals surface area contributed by atoms with Crippen molar-refractivity contribution in [1.82, 2.24) is 0 Å². The van der Waals surface area contributed by atoms with E-state index in [1.807, 2.05) is 0 Å². The molecule has 0 saturated carbocycles. The molecule has 0 bridgehead atoms. The summed E-state index contributed by atoms with van der Waals surface area (Å²) in [5.74, 6) is 0.520. The molecule has 0 aliphatic heterocycles. The molecule has 2 aromatic rings. The van der Waals surface area contributed by atoms with Gasteiger partial charge in [-0.1, -0.05) is 31.9 Å². The number of hydrogen-bond acceptors (Lipinski definition) is 3. The summed E-state index contributed by atoms with van der Waals surface area (Å²) in [7, 11) is 0. The summed E-state index contributed by atoms with van der Waals surface area (Å²) in [6.45, 7) is 2.57. The van der Waals surface area contributed by atoms with Crippen LogP contribution in [0.2, 0.25) is 0 Å². The summed E-state index contributed by atoms with van der Waals surface area (Å²) in [4.78, 5) is 10.9. The first kappa shape index (κ1) is 19.6. The van der Waals surface area contributed by atoms with Gasteiger partial charge in [-0.25, -0.2) is 4.79 Å². The van der Waals surface area contributed by atoms with Gasteiger partial charge in [0.1, 0.15) is 11.5 Å². The molecular weight excluding hydrogens is 349 g/mol. The van der Waals surface area contributed by atoms with E-state index in [1.165, 1.54) is 18.2 Å². The average molecular weight is 368 g/mol. The fraction of sp³-hybridized carbons (Fsp3) is 0.316. The molecule has 0 radical (unpaired) electrons. The fourth-order valence-electron chi connectivity index (χ4n) is 2.39. The summed E-state index contributed by atoms with van der Waals surface area (Å²) in [6, 6.07) is 8.98. The molecule has 2 rings (SSSR count). The first-order chi connectivity index (χ1) is 12.3. The van der Waals surface area contributed by atoms with Gasteiger partial charge in [-0.3, -0.25) is 0 Å². The molecule has 4 nitrogen and oxygen atoms in total. The van der Waals surface area contributed by atoms with Crippen LogP contribution in [0.15, 0.2) is 42.5 Å². The second-order valence-corrected chi connectivity index (χ2v) is 5.66. The lowest BCUT2D eigenvalue weighted by Crippen LogP contribution is -2.06.